The van der Waals surface area contributed by atoms with E-state index >= 15 is 0 Å². The predicted molar refractivity (Wildman–Crippen MR) is 335 cm³/mol. The van der Waals surface area contributed by atoms with Crippen molar-refractivity contribution < 1.29 is 28.6 Å². The molecule has 1 atom stereocenters. The molecule has 0 aromatic carbocycles. The van der Waals surface area contributed by atoms with E-state index in [2.05, 4.69) is 81.5 Å². The number of ether oxygens (including phenoxy) is 3. The minimum Gasteiger partial charge on any atom is -0.462 e. The van der Waals surface area contributed by atoms with Crippen molar-refractivity contribution in [3.05, 3.63) is 60.8 Å². The molecular weight excluding hydrogens is 949 g/mol. The molecule has 0 amide bonds. The lowest BCUT2D eigenvalue weighted by Crippen LogP contribution is -2.30. The summed E-state index contributed by atoms with van der Waals surface area (Å²) < 4.78 is 17.0. The maximum absolute atomic E-state index is 12.9. The fourth-order valence-corrected chi connectivity index (χ4v) is 9.85. The summed E-state index contributed by atoms with van der Waals surface area (Å²) >= 11 is 0. The summed E-state index contributed by atoms with van der Waals surface area (Å²) in [6.07, 6.45) is 83.7. The van der Waals surface area contributed by atoms with Crippen LogP contribution in [-0.2, 0) is 28.6 Å². The second-order valence-corrected chi connectivity index (χ2v) is 22.7. The van der Waals surface area contributed by atoms with Crippen molar-refractivity contribution >= 4 is 17.9 Å². The molecule has 1 unspecified atom stereocenters. The number of hydrogen-bond donors (Lipinski definition) is 0. The van der Waals surface area contributed by atoms with Crippen LogP contribution in [0.15, 0.2) is 60.8 Å². The van der Waals surface area contributed by atoms with Gasteiger partial charge < -0.3 is 14.2 Å². The Balaban J connectivity index is 4.35. The smallest absolute Gasteiger partial charge is 0.306 e. The normalized spacial score (nSPS) is 12.4. The quantitative estimate of drug-likeness (QED) is 0.0261. The molecule has 0 aliphatic heterocycles. The molecule has 0 saturated carbocycles. The van der Waals surface area contributed by atoms with E-state index in [0.717, 1.165) is 89.9 Å². The minimum atomic E-state index is -0.786. The summed E-state index contributed by atoms with van der Waals surface area (Å²) in [5.41, 5.74) is 0. The Morgan fingerprint density at radius 3 is 0.740 bits per heavy atom. The highest BCUT2D eigenvalue weighted by Gasteiger charge is 2.19. The van der Waals surface area contributed by atoms with Gasteiger partial charge in [-0.2, -0.15) is 0 Å². The number of hydrogen-bond acceptors (Lipinski definition) is 6. The van der Waals surface area contributed by atoms with Crippen LogP contribution in [0, 0.1) is 0 Å². The SMILES string of the molecule is CCCCCCC/C=C\C/C=C\C/C=C\CCCCCCCCC(=O)OC(COC(=O)CCCCCCC/C=C\CCCCCCCC)COC(=O)CCCCCCCCCCCCC/C=C\CCCCCCCCCC. The van der Waals surface area contributed by atoms with Gasteiger partial charge in [-0.1, -0.05) is 287 Å². The van der Waals surface area contributed by atoms with Crippen LogP contribution in [0.5, 0.6) is 0 Å². The molecule has 0 radical (unpaired) electrons. The molecule has 0 aromatic rings. The van der Waals surface area contributed by atoms with Crippen LogP contribution in [0.4, 0.5) is 0 Å². The highest BCUT2D eigenvalue weighted by molar-refractivity contribution is 5.71. The average Bonchev–Trinajstić information content (AvgIpc) is 3.43. The van der Waals surface area contributed by atoms with E-state index in [9.17, 15) is 14.4 Å². The molecule has 0 spiro atoms. The van der Waals surface area contributed by atoms with E-state index in [1.807, 2.05) is 0 Å². The maximum Gasteiger partial charge on any atom is 0.306 e. The summed E-state index contributed by atoms with van der Waals surface area (Å²) in [5.74, 6) is -0.884. The number of carbonyl (C=O) groups excluding carboxylic acids is 3. The monoisotopic (exact) mass is 1080 g/mol. The molecule has 0 aromatic heterocycles. The fourth-order valence-electron chi connectivity index (χ4n) is 9.85. The van der Waals surface area contributed by atoms with Crippen LogP contribution >= 0.6 is 0 Å². The van der Waals surface area contributed by atoms with Crippen LogP contribution in [0.1, 0.15) is 355 Å². The molecule has 0 rings (SSSR count). The molecule has 0 aliphatic carbocycles. The highest BCUT2D eigenvalue weighted by atomic mass is 16.6. The van der Waals surface area contributed by atoms with Crippen molar-refractivity contribution in [2.75, 3.05) is 13.2 Å². The number of esters is 3. The second-order valence-electron chi connectivity index (χ2n) is 22.7. The van der Waals surface area contributed by atoms with Gasteiger partial charge in [0.15, 0.2) is 6.10 Å². The van der Waals surface area contributed by atoms with Crippen molar-refractivity contribution in [2.45, 2.75) is 361 Å². The topological polar surface area (TPSA) is 78.9 Å². The zero-order chi connectivity index (χ0) is 55.7. The molecule has 0 saturated heterocycles. The van der Waals surface area contributed by atoms with Gasteiger partial charge in [0.05, 0.1) is 0 Å². The number of rotatable bonds is 62. The summed E-state index contributed by atoms with van der Waals surface area (Å²) in [7, 11) is 0. The Morgan fingerprint density at radius 1 is 0.260 bits per heavy atom. The largest absolute Gasteiger partial charge is 0.462 e. The van der Waals surface area contributed by atoms with Crippen LogP contribution in [0.25, 0.3) is 0 Å². The first-order valence-corrected chi connectivity index (χ1v) is 33.8. The van der Waals surface area contributed by atoms with Gasteiger partial charge >= 0.3 is 17.9 Å². The third kappa shape index (κ3) is 63.8. The first-order chi connectivity index (χ1) is 38.0. The first-order valence-electron chi connectivity index (χ1n) is 33.8. The van der Waals surface area contributed by atoms with Gasteiger partial charge in [0, 0.05) is 19.3 Å². The van der Waals surface area contributed by atoms with E-state index in [-0.39, 0.29) is 31.1 Å². The van der Waals surface area contributed by atoms with Gasteiger partial charge in [0.1, 0.15) is 13.2 Å². The summed E-state index contributed by atoms with van der Waals surface area (Å²) in [6, 6.07) is 0. The van der Waals surface area contributed by atoms with E-state index in [4.69, 9.17) is 14.2 Å². The Kier molecular flexibility index (Phi) is 63.2. The first kappa shape index (κ1) is 74.1. The van der Waals surface area contributed by atoms with E-state index in [1.54, 1.807) is 0 Å². The van der Waals surface area contributed by atoms with Gasteiger partial charge in [0.2, 0.25) is 0 Å². The minimum absolute atomic E-state index is 0.0807. The standard InChI is InChI=1S/C71H128O6/c1-4-7-10-13-16-19-22-25-28-30-32-34-35-37-38-40-43-46-49-52-55-58-61-64-70(73)76-67-68(66-75-69(72)63-60-57-54-51-48-45-42-27-24-21-18-15-12-9-6-3)77-71(74)65-62-59-56-53-50-47-44-41-39-36-33-31-29-26-23-20-17-14-11-8-5-2/h23,26-27,30-33,39,41-42,68H,4-22,24-25,28-29,34-38,40,43-67H2,1-3H3/b26-23-,32-30-,33-31-,41-39-,42-27-. The van der Waals surface area contributed by atoms with Gasteiger partial charge in [-0.25, -0.2) is 0 Å². The Hall–Kier alpha value is -2.89. The Bertz CT molecular complexity index is 1380. The van der Waals surface area contributed by atoms with E-state index < -0.39 is 6.10 Å². The van der Waals surface area contributed by atoms with Crippen LogP contribution in [0.3, 0.4) is 0 Å². The maximum atomic E-state index is 12.9. The molecule has 77 heavy (non-hydrogen) atoms. The third-order valence-electron chi connectivity index (χ3n) is 15.0. The molecule has 6 nitrogen and oxygen atoms in total. The van der Waals surface area contributed by atoms with Crippen molar-refractivity contribution in [3.8, 4) is 0 Å². The molecule has 0 N–H and O–H groups in total. The molecule has 0 bridgehead atoms. The zero-order valence-corrected chi connectivity index (χ0v) is 51.5. The van der Waals surface area contributed by atoms with Crippen LogP contribution in [0.2, 0.25) is 0 Å². The van der Waals surface area contributed by atoms with Crippen LogP contribution < -0.4 is 0 Å². The number of unbranched alkanes of at least 4 members (excludes halogenated alkanes) is 41. The van der Waals surface area contributed by atoms with E-state index in [0.29, 0.717) is 19.3 Å². The molecular formula is C71H128O6. The van der Waals surface area contributed by atoms with Gasteiger partial charge in [0.25, 0.3) is 0 Å². The molecule has 0 heterocycles. The molecule has 6 heteroatoms. The van der Waals surface area contributed by atoms with Gasteiger partial charge in [-0.15, -0.1) is 0 Å². The number of carbonyl (C=O) groups is 3. The highest BCUT2D eigenvalue weighted by Crippen LogP contribution is 2.17. The number of allylic oxidation sites excluding steroid dienone is 10. The summed E-state index contributed by atoms with van der Waals surface area (Å²) in [6.45, 7) is 6.65. The summed E-state index contributed by atoms with van der Waals surface area (Å²) in [4.78, 5) is 38.4. The van der Waals surface area contributed by atoms with Crippen molar-refractivity contribution in [1.82, 2.24) is 0 Å². The average molecular weight is 1080 g/mol. The van der Waals surface area contributed by atoms with Crippen molar-refractivity contribution in [1.29, 1.82) is 0 Å². The van der Waals surface area contributed by atoms with Crippen molar-refractivity contribution in [2.24, 2.45) is 0 Å². The van der Waals surface area contributed by atoms with Gasteiger partial charge in [-0.3, -0.25) is 14.4 Å². The molecule has 448 valence electrons. The second kappa shape index (κ2) is 65.6. The third-order valence-corrected chi connectivity index (χ3v) is 15.0. The Morgan fingerprint density at radius 2 is 0.468 bits per heavy atom. The zero-order valence-electron chi connectivity index (χ0n) is 51.5. The van der Waals surface area contributed by atoms with Gasteiger partial charge in [-0.05, 0) is 109 Å². The Labute approximate surface area is 479 Å². The van der Waals surface area contributed by atoms with E-state index in [1.165, 1.54) is 225 Å². The lowest BCUT2D eigenvalue weighted by atomic mass is 10.0. The fraction of sp³-hybridized carbons (Fsp3) is 0.817. The molecule has 0 aliphatic rings. The van der Waals surface area contributed by atoms with Crippen molar-refractivity contribution in [3.63, 3.8) is 0 Å². The lowest BCUT2D eigenvalue weighted by molar-refractivity contribution is -0.167. The lowest BCUT2D eigenvalue weighted by Gasteiger charge is -2.18. The molecule has 0 fully saturated rings. The summed E-state index contributed by atoms with van der Waals surface area (Å²) in [5, 5.41) is 0. The predicted octanol–water partition coefficient (Wildman–Crippen LogP) is 23.1. The van der Waals surface area contributed by atoms with Crippen LogP contribution in [-0.4, -0.2) is 37.2 Å².